The van der Waals surface area contributed by atoms with Crippen molar-refractivity contribution in [3.8, 4) is 17.2 Å². The molecule has 4 rings (SSSR count). The van der Waals surface area contributed by atoms with E-state index in [9.17, 15) is 18.4 Å². The number of aromatic nitrogens is 1. The summed E-state index contributed by atoms with van der Waals surface area (Å²) < 4.78 is 35.1. The maximum Gasteiger partial charge on any atom is 0.247 e. The van der Waals surface area contributed by atoms with Crippen molar-refractivity contribution >= 4 is 34.1 Å². The van der Waals surface area contributed by atoms with Gasteiger partial charge in [-0.25, -0.2) is 8.78 Å². The number of fused-ring (bicyclic) bond motifs is 1. The van der Waals surface area contributed by atoms with Crippen LogP contribution in [0.2, 0.25) is 5.02 Å². The number of carbonyl (C=O) groups excluding carboxylic acids is 1. The number of ether oxygens (including phenoxy) is 1. The molecule has 0 bridgehead atoms. The van der Waals surface area contributed by atoms with E-state index in [0.29, 0.717) is 38.9 Å². The third-order valence-electron chi connectivity index (χ3n) is 4.93. The molecule has 8 heteroatoms. The zero-order valence-corrected chi connectivity index (χ0v) is 18.1. The molecule has 0 atom stereocenters. The average molecular weight is 467 g/mol. The number of pyridine rings is 1. The minimum absolute atomic E-state index is 0.166. The summed E-state index contributed by atoms with van der Waals surface area (Å²) in [7, 11) is 0. The molecule has 0 fully saturated rings. The van der Waals surface area contributed by atoms with E-state index in [0.717, 1.165) is 12.1 Å². The number of anilines is 1. The number of hydrogen-bond acceptors (Lipinski definition) is 3. The Kier molecular flexibility index (Phi) is 5.98. The Morgan fingerprint density at radius 3 is 2.58 bits per heavy atom. The largest absolute Gasteiger partial charge is 0.452 e. The van der Waals surface area contributed by atoms with Crippen molar-refractivity contribution in [1.82, 2.24) is 4.57 Å². The SMILES string of the molecule is C=CC(=O)Nc1ccc(Oc2ccc(F)cc2F)c(-n2cc(C)c(=O)c3ccc(Cl)cc32)c1. The van der Waals surface area contributed by atoms with Crippen molar-refractivity contribution in [3.05, 3.63) is 106 Å². The first kappa shape index (κ1) is 22.2. The summed E-state index contributed by atoms with van der Waals surface area (Å²) in [6, 6.07) is 12.5. The predicted octanol–water partition coefficient (Wildman–Crippen LogP) is 6.15. The van der Waals surface area contributed by atoms with Crippen LogP contribution < -0.4 is 15.5 Å². The summed E-state index contributed by atoms with van der Waals surface area (Å²) in [5.74, 6) is -2.04. The quantitative estimate of drug-likeness (QED) is 0.359. The van der Waals surface area contributed by atoms with E-state index in [2.05, 4.69) is 11.9 Å². The lowest BCUT2D eigenvalue weighted by atomic mass is 10.1. The fourth-order valence-corrected chi connectivity index (χ4v) is 3.54. The number of nitrogens with zero attached hydrogens (tertiary/aromatic N) is 1. The standard InChI is InChI=1S/C25H17ClF2N2O3/c1-3-24(31)29-17-6-9-23(33-22-8-5-16(27)11-19(22)28)21(12-17)30-13-14(2)25(32)18-7-4-15(26)10-20(18)30/h3-13H,1H2,2H3,(H,29,31). The lowest BCUT2D eigenvalue weighted by molar-refractivity contribution is -0.111. The Balaban J connectivity index is 1.97. The Morgan fingerprint density at radius 1 is 1.09 bits per heavy atom. The van der Waals surface area contributed by atoms with E-state index < -0.39 is 17.5 Å². The third-order valence-corrected chi connectivity index (χ3v) is 5.17. The molecule has 0 unspecified atom stereocenters. The number of aryl methyl sites for hydroxylation is 1. The van der Waals surface area contributed by atoms with Gasteiger partial charge in [0.25, 0.3) is 0 Å². The lowest BCUT2D eigenvalue weighted by Gasteiger charge is -2.18. The molecule has 1 amide bonds. The maximum atomic E-state index is 14.3. The van der Waals surface area contributed by atoms with Gasteiger partial charge < -0.3 is 14.6 Å². The molecule has 3 aromatic carbocycles. The Labute approximate surface area is 192 Å². The summed E-state index contributed by atoms with van der Waals surface area (Å²) in [5, 5.41) is 3.48. The molecule has 0 saturated carbocycles. The Morgan fingerprint density at radius 2 is 1.85 bits per heavy atom. The minimum atomic E-state index is -0.881. The second kappa shape index (κ2) is 8.88. The smallest absolute Gasteiger partial charge is 0.247 e. The van der Waals surface area contributed by atoms with Crippen LogP contribution in [-0.2, 0) is 4.79 Å². The maximum absolute atomic E-state index is 14.3. The van der Waals surface area contributed by atoms with Crippen LogP contribution in [0.5, 0.6) is 11.5 Å². The molecule has 0 radical (unpaired) electrons. The zero-order chi connectivity index (χ0) is 23.7. The number of nitrogens with one attached hydrogen (secondary N) is 1. The predicted molar refractivity (Wildman–Crippen MR) is 125 cm³/mol. The third kappa shape index (κ3) is 4.49. The molecule has 0 spiro atoms. The van der Waals surface area contributed by atoms with Crippen LogP contribution in [0.15, 0.2) is 78.2 Å². The molecule has 4 aromatic rings. The molecule has 0 aliphatic rings. The number of halogens is 3. The van der Waals surface area contributed by atoms with Crippen LogP contribution in [0.1, 0.15) is 5.56 Å². The van der Waals surface area contributed by atoms with Crippen LogP contribution in [-0.4, -0.2) is 10.5 Å². The molecular weight excluding hydrogens is 450 g/mol. The van der Waals surface area contributed by atoms with Crippen LogP contribution in [0.25, 0.3) is 16.6 Å². The van der Waals surface area contributed by atoms with Gasteiger partial charge in [-0.05, 0) is 61.5 Å². The van der Waals surface area contributed by atoms with Crippen molar-refractivity contribution in [2.45, 2.75) is 6.92 Å². The molecule has 166 valence electrons. The van der Waals surface area contributed by atoms with Gasteiger partial charge in [-0.3, -0.25) is 9.59 Å². The summed E-state index contributed by atoms with van der Waals surface area (Å²) >= 11 is 6.19. The van der Waals surface area contributed by atoms with Gasteiger partial charge in [0.15, 0.2) is 22.7 Å². The topological polar surface area (TPSA) is 60.3 Å². The highest BCUT2D eigenvalue weighted by Gasteiger charge is 2.16. The average Bonchev–Trinajstić information content (AvgIpc) is 2.79. The monoisotopic (exact) mass is 466 g/mol. The van der Waals surface area contributed by atoms with Gasteiger partial charge in [0.2, 0.25) is 5.91 Å². The van der Waals surface area contributed by atoms with Crippen LogP contribution in [0.3, 0.4) is 0 Å². The highest BCUT2D eigenvalue weighted by molar-refractivity contribution is 6.31. The number of hydrogen-bond donors (Lipinski definition) is 1. The van der Waals surface area contributed by atoms with E-state index >= 15 is 0 Å². The number of carbonyl (C=O) groups is 1. The summed E-state index contributed by atoms with van der Waals surface area (Å²) in [6.45, 7) is 5.10. The van der Waals surface area contributed by atoms with Gasteiger partial charge in [0, 0.05) is 33.9 Å². The molecule has 0 aliphatic carbocycles. The van der Waals surface area contributed by atoms with Crippen molar-refractivity contribution in [2.75, 3.05) is 5.32 Å². The van der Waals surface area contributed by atoms with Crippen LogP contribution in [0.4, 0.5) is 14.5 Å². The van der Waals surface area contributed by atoms with E-state index in [1.54, 1.807) is 48.0 Å². The van der Waals surface area contributed by atoms with E-state index in [4.69, 9.17) is 16.3 Å². The lowest BCUT2D eigenvalue weighted by Crippen LogP contribution is -2.13. The first-order chi connectivity index (χ1) is 15.8. The molecule has 0 saturated heterocycles. The molecule has 1 aromatic heterocycles. The summed E-state index contributed by atoms with van der Waals surface area (Å²) in [4.78, 5) is 24.5. The highest BCUT2D eigenvalue weighted by Crippen LogP contribution is 2.34. The fourth-order valence-electron chi connectivity index (χ4n) is 3.37. The summed E-state index contributed by atoms with van der Waals surface area (Å²) in [6.07, 6.45) is 2.72. The van der Waals surface area contributed by atoms with Gasteiger partial charge in [0.05, 0.1) is 11.2 Å². The fraction of sp³-hybridized carbons (Fsp3) is 0.0400. The molecule has 1 N–H and O–H groups in total. The van der Waals surface area contributed by atoms with Crippen molar-refractivity contribution < 1.29 is 18.3 Å². The van der Waals surface area contributed by atoms with Crippen molar-refractivity contribution in [1.29, 1.82) is 0 Å². The zero-order valence-electron chi connectivity index (χ0n) is 17.4. The van der Waals surface area contributed by atoms with Crippen LogP contribution >= 0.6 is 11.6 Å². The highest BCUT2D eigenvalue weighted by atomic mass is 35.5. The van der Waals surface area contributed by atoms with Crippen molar-refractivity contribution in [2.24, 2.45) is 0 Å². The minimum Gasteiger partial charge on any atom is -0.452 e. The van der Waals surface area contributed by atoms with Crippen LogP contribution in [0, 0.1) is 18.6 Å². The second-order valence-corrected chi connectivity index (χ2v) is 7.66. The van der Waals surface area contributed by atoms with Gasteiger partial charge in [-0.1, -0.05) is 18.2 Å². The number of benzene rings is 3. The van der Waals surface area contributed by atoms with E-state index in [1.165, 1.54) is 12.1 Å². The van der Waals surface area contributed by atoms with Gasteiger partial charge in [-0.15, -0.1) is 0 Å². The molecule has 0 aliphatic heterocycles. The Bertz CT molecular complexity index is 1480. The molecule has 1 heterocycles. The molecular formula is C25H17ClF2N2O3. The number of amides is 1. The first-order valence-electron chi connectivity index (χ1n) is 9.79. The normalized spacial score (nSPS) is 10.8. The molecule has 33 heavy (non-hydrogen) atoms. The van der Waals surface area contributed by atoms with Gasteiger partial charge >= 0.3 is 0 Å². The number of rotatable bonds is 5. The summed E-state index contributed by atoms with van der Waals surface area (Å²) in [5.41, 5.74) is 1.56. The second-order valence-electron chi connectivity index (χ2n) is 7.23. The van der Waals surface area contributed by atoms with E-state index in [1.807, 2.05) is 0 Å². The van der Waals surface area contributed by atoms with Gasteiger partial charge in [0.1, 0.15) is 5.82 Å². The Hall–Kier alpha value is -3.97. The van der Waals surface area contributed by atoms with Gasteiger partial charge in [-0.2, -0.15) is 0 Å². The van der Waals surface area contributed by atoms with E-state index in [-0.39, 0.29) is 16.9 Å². The van der Waals surface area contributed by atoms with Crippen molar-refractivity contribution in [3.63, 3.8) is 0 Å². The molecule has 5 nitrogen and oxygen atoms in total. The first-order valence-corrected chi connectivity index (χ1v) is 10.2.